The lowest BCUT2D eigenvalue weighted by Crippen LogP contribution is -2.37. The summed E-state index contributed by atoms with van der Waals surface area (Å²) >= 11 is 6.49. The van der Waals surface area contributed by atoms with Crippen LogP contribution in [-0.4, -0.2) is 39.0 Å². The Morgan fingerprint density at radius 1 is 1.30 bits per heavy atom. The lowest BCUT2D eigenvalue weighted by atomic mass is 10.1. The van der Waals surface area contributed by atoms with Crippen molar-refractivity contribution >= 4 is 11.6 Å². The Morgan fingerprint density at radius 3 is 2.75 bits per heavy atom. The summed E-state index contributed by atoms with van der Waals surface area (Å²) in [5, 5.41) is 15.0. The molecule has 1 unspecified atom stereocenters. The van der Waals surface area contributed by atoms with E-state index in [1.54, 1.807) is 0 Å². The standard InChI is InChI=1S/C15H26ClN3O/c1-3-13-15(16)14(19(4-2)17-13)10-18-9-7-5-6-8-12(18)11-20/h12,20H,3-11H2,1-2H3. The summed E-state index contributed by atoms with van der Waals surface area (Å²) in [6.07, 6.45) is 5.61. The number of aryl methyl sites for hydroxylation is 2. The molecule has 1 fully saturated rings. The third-order valence-electron chi connectivity index (χ3n) is 4.26. The summed E-state index contributed by atoms with van der Waals surface area (Å²) in [5.41, 5.74) is 2.09. The Bertz CT molecular complexity index is 433. The van der Waals surface area contributed by atoms with Crippen LogP contribution in [0.2, 0.25) is 5.02 Å². The van der Waals surface area contributed by atoms with E-state index in [-0.39, 0.29) is 12.6 Å². The van der Waals surface area contributed by atoms with Gasteiger partial charge >= 0.3 is 0 Å². The molecule has 20 heavy (non-hydrogen) atoms. The lowest BCUT2D eigenvalue weighted by Gasteiger charge is -2.28. The summed E-state index contributed by atoms with van der Waals surface area (Å²) in [6, 6.07) is 0.263. The van der Waals surface area contributed by atoms with E-state index >= 15 is 0 Å². The van der Waals surface area contributed by atoms with Crippen molar-refractivity contribution in [2.75, 3.05) is 13.2 Å². The van der Waals surface area contributed by atoms with Crippen molar-refractivity contribution in [1.29, 1.82) is 0 Å². The highest BCUT2D eigenvalue weighted by atomic mass is 35.5. The molecule has 4 nitrogen and oxygen atoms in total. The molecule has 1 aliphatic heterocycles. The Kier molecular flexibility index (Phi) is 5.87. The number of halogens is 1. The SMILES string of the molecule is CCc1nn(CC)c(CN2CCCCCC2CO)c1Cl. The smallest absolute Gasteiger partial charge is 0.0863 e. The minimum atomic E-state index is 0.235. The predicted molar refractivity (Wildman–Crippen MR) is 82.0 cm³/mol. The quantitative estimate of drug-likeness (QED) is 0.909. The molecule has 1 atom stereocenters. The molecular formula is C15H26ClN3O. The van der Waals surface area contributed by atoms with Crippen LogP contribution in [0.5, 0.6) is 0 Å². The Hall–Kier alpha value is -0.580. The molecule has 1 saturated heterocycles. The zero-order valence-corrected chi connectivity index (χ0v) is 13.4. The van der Waals surface area contributed by atoms with Gasteiger partial charge in [-0.3, -0.25) is 9.58 Å². The third-order valence-corrected chi connectivity index (χ3v) is 4.69. The molecule has 0 aromatic carbocycles. The first-order chi connectivity index (χ1) is 9.71. The van der Waals surface area contributed by atoms with Gasteiger partial charge < -0.3 is 5.11 Å². The molecular weight excluding hydrogens is 274 g/mol. The van der Waals surface area contributed by atoms with E-state index < -0.39 is 0 Å². The molecule has 5 heteroatoms. The minimum Gasteiger partial charge on any atom is -0.395 e. The van der Waals surface area contributed by atoms with E-state index in [4.69, 9.17) is 11.6 Å². The van der Waals surface area contributed by atoms with Gasteiger partial charge in [-0.2, -0.15) is 5.10 Å². The number of hydrogen-bond donors (Lipinski definition) is 1. The molecule has 0 saturated carbocycles. The second-order valence-electron chi connectivity index (χ2n) is 5.53. The van der Waals surface area contributed by atoms with Crippen LogP contribution in [0.4, 0.5) is 0 Å². The number of aliphatic hydroxyl groups excluding tert-OH is 1. The van der Waals surface area contributed by atoms with E-state index in [1.165, 1.54) is 19.3 Å². The van der Waals surface area contributed by atoms with E-state index in [0.717, 1.165) is 48.9 Å². The van der Waals surface area contributed by atoms with Crippen molar-refractivity contribution in [3.8, 4) is 0 Å². The van der Waals surface area contributed by atoms with Crippen LogP contribution >= 0.6 is 11.6 Å². The fraction of sp³-hybridized carbons (Fsp3) is 0.800. The summed E-state index contributed by atoms with van der Waals surface area (Å²) < 4.78 is 2.01. The highest BCUT2D eigenvalue weighted by Crippen LogP contribution is 2.26. The van der Waals surface area contributed by atoms with Gasteiger partial charge in [-0.1, -0.05) is 31.4 Å². The summed E-state index contributed by atoms with van der Waals surface area (Å²) in [4.78, 5) is 2.38. The largest absolute Gasteiger partial charge is 0.395 e. The van der Waals surface area contributed by atoms with Gasteiger partial charge in [0.1, 0.15) is 0 Å². The summed E-state index contributed by atoms with van der Waals surface area (Å²) in [6.45, 7) is 7.09. The Labute approximate surface area is 126 Å². The topological polar surface area (TPSA) is 41.3 Å². The van der Waals surface area contributed by atoms with Crippen molar-refractivity contribution in [1.82, 2.24) is 14.7 Å². The van der Waals surface area contributed by atoms with Crippen LogP contribution in [-0.2, 0) is 19.5 Å². The molecule has 1 N–H and O–H groups in total. The molecule has 2 rings (SSSR count). The molecule has 1 aliphatic rings. The number of likely N-dealkylation sites (tertiary alicyclic amines) is 1. The molecule has 0 bridgehead atoms. The zero-order valence-electron chi connectivity index (χ0n) is 12.6. The van der Waals surface area contributed by atoms with Gasteiger partial charge in [0.2, 0.25) is 0 Å². The van der Waals surface area contributed by atoms with Crippen LogP contribution in [0.15, 0.2) is 0 Å². The maximum absolute atomic E-state index is 9.61. The van der Waals surface area contributed by atoms with Gasteiger partial charge in [0.05, 0.1) is 23.0 Å². The normalized spacial score (nSPS) is 21.1. The second kappa shape index (κ2) is 7.43. The zero-order chi connectivity index (χ0) is 14.5. The molecule has 1 aromatic rings. The Morgan fingerprint density at radius 2 is 2.10 bits per heavy atom. The third kappa shape index (κ3) is 3.35. The van der Waals surface area contributed by atoms with Crippen molar-refractivity contribution in [2.24, 2.45) is 0 Å². The van der Waals surface area contributed by atoms with E-state index in [0.29, 0.717) is 0 Å². The van der Waals surface area contributed by atoms with Gasteiger partial charge in [0, 0.05) is 19.1 Å². The monoisotopic (exact) mass is 299 g/mol. The van der Waals surface area contributed by atoms with Crippen molar-refractivity contribution < 1.29 is 5.11 Å². The number of aliphatic hydroxyl groups is 1. The van der Waals surface area contributed by atoms with Crippen LogP contribution in [0.1, 0.15) is 50.9 Å². The lowest BCUT2D eigenvalue weighted by molar-refractivity contribution is 0.116. The maximum Gasteiger partial charge on any atom is 0.0863 e. The highest BCUT2D eigenvalue weighted by molar-refractivity contribution is 6.31. The number of nitrogens with zero attached hydrogens (tertiary/aromatic N) is 3. The van der Waals surface area contributed by atoms with Gasteiger partial charge in [-0.25, -0.2) is 0 Å². The van der Waals surface area contributed by atoms with Crippen molar-refractivity contribution in [2.45, 2.75) is 65.1 Å². The van der Waals surface area contributed by atoms with E-state index in [2.05, 4.69) is 23.8 Å². The number of aromatic nitrogens is 2. The summed E-state index contributed by atoms with van der Waals surface area (Å²) in [5.74, 6) is 0. The van der Waals surface area contributed by atoms with Crippen LogP contribution in [0.3, 0.4) is 0 Å². The first kappa shape index (κ1) is 15.8. The molecule has 0 radical (unpaired) electrons. The Balaban J connectivity index is 2.20. The van der Waals surface area contributed by atoms with Crippen LogP contribution < -0.4 is 0 Å². The van der Waals surface area contributed by atoms with Crippen molar-refractivity contribution in [3.05, 3.63) is 16.4 Å². The molecule has 0 aliphatic carbocycles. The first-order valence-electron chi connectivity index (χ1n) is 7.80. The fourth-order valence-corrected chi connectivity index (χ4v) is 3.34. The van der Waals surface area contributed by atoms with Gasteiger partial charge in [0.15, 0.2) is 0 Å². The molecule has 0 spiro atoms. The van der Waals surface area contributed by atoms with Crippen LogP contribution in [0.25, 0.3) is 0 Å². The van der Waals surface area contributed by atoms with Crippen molar-refractivity contribution in [3.63, 3.8) is 0 Å². The molecule has 114 valence electrons. The van der Waals surface area contributed by atoms with Gasteiger partial charge in [-0.15, -0.1) is 0 Å². The van der Waals surface area contributed by atoms with Gasteiger partial charge in [0.25, 0.3) is 0 Å². The summed E-state index contributed by atoms with van der Waals surface area (Å²) in [7, 11) is 0. The first-order valence-corrected chi connectivity index (χ1v) is 8.18. The number of hydrogen-bond acceptors (Lipinski definition) is 3. The predicted octanol–water partition coefficient (Wildman–Crippen LogP) is 2.86. The molecule has 0 amide bonds. The van der Waals surface area contributed by atoms with E-state index in [1.807, 2.05) is 4.68 Å². The average Bonchev–Trinajstić information content (AvgIpc) is 2.64. The maximum atomic E-state index is 9.61. The van der Waals surface area contributed by atoms with Gasteiger partial charge in [-0.05, 0) is 32.7 Å². The van der Waals surface area contributed by atoms with E-state index in [9.17, 15) is 5.11 Å². The van der Waals surface area contributed by atoms with Crippen LogP contribution in [0, 0.1) is 0 Å². The fourth-order valence-electron chi connectivity index (χ4n) is 3.01. The molecule has 1 aromatic heterocycles. The second-order valence-corrected chi connectivity index (χ2v) is 5.91. The highest BCUT2D eigenvalue weighted by Gasteiger charge is 2.24. The number of rotatable bonds is 5. The minimum absolute atomic E-state index is 0.235. The average molecular weight is 300 g/mol. The molecule has 2 heterocycles.